The van der Waals surface area contributed by atoms with Gasteiger partial charge >= 0.3 is 0 Å². The number of carbonyl (C=O) groups is 1. The van der Waals surface area contributed by atoms with Crippen molar-refractivity contribution in [1.82, 2.24) is 0 Å². The van der Waals surface area contributed by atoms with Gasteiger partial charge in [-0.1, -0.05) is 30.3 Å². The Labute approximate surface area is 235 Å². The molecule has 0 aromatic heterocycles. The number of rotatable bonds is 6. The van der Waals surface area contributed by atoms with Crippen LogP contribution in [0.4, 0.5) is 0 Å². The molecule has 0 unspecified atom stereocenters. The number of ether oxygens (including phenoxy) is 5. The quantitative estimate of drug-likeness (QED) is 0.247. The van der Waals surface area contributed by atoms with E-state index in [0.29, 0.717) is 34.3 Å². The van der Waals surface area contributed by atoms with Gasteiger partial charge in [0.2, 0.25) is 0 Å². The number of allylic oxidation sites excluding steroid dienone is 2. The predicted molar refractivity (Wildman–Crippen MR) is 153 cm³/mol. The second-order valence-electron chi connectivity index (χ2n) is 9.54. The summed E-state index contributed by atoms with van der Waals surface area (Å²) < 4.78 is 29.6. The first-order valence-corrected chi connectivity index (χ1v) is 13.2. The van der Waals surface area contributed by atoms with Crippen LogP contribution in [0.1, 0.15) is 38.5 Å². The van der Waals surface area contributed by atoms with Crippen LogP contribution < -0.4 is 23.7 Å². The van der Waals surface area contributed by atoms with Gasteiger partial charge in [0.15, 0.2) is 5.78 Å². The first kappa shape index (κ1) is 25.3. The zero-order valence-electron chi connectivity index (χ0n) is 22.3. The van der Waals surface area contributed by atoms with Gasteiger partial charge in [0.25, 0.3) is 0 Å². The highest BCUT2D eigenvalue weighted by molar-refractivity contribution is 9.10. The Morgan fingerprint density at radius 3 is 2.05 bits per heavy atom. The van der Waals surface area contributed by atoms with Crippen molar-refractivity contribution in [2.45, 2.75) is 11.3 Å². The fraction of sp³-hybridized carbons (Fsp3) is 0.219. The standard InChI is InChI=1S/C32H27BrO6/c1-35-17-15-19(31(33)26(16-17)39-5)30-18-9-11-24(37-3)29-25(38-4)12-10-21(27(18)29)32(30)14-13-22(34)28-20(32)7-6-8-23(28)36-2/h6-16,30H,1-5H3/t30-,32+/m0/s1. The SMILES string of the molecule is COc1cc(OC)c(Br)c([C@@H]2c3ccc(OC)c4c(OC)ccc(c34)[C@]23C=CC(=O)c2c(OC)cccc23)c1. The zero-order chi connectivity index (χ0) is 27.5. The van der Waals surface area contributed by atoms with Crippen LogP contribution in [0, 0.1) is 0 Å². The summed E-state index contributed by atoms with van der Waals surface area (Å²) in [5.41, 5.74) is 3.75. The summed E-state index contributed by atoms with van der Waals surface area (Å²) in [6.45, 7) is 0. The van der Waals surface area contributed by atoms with Crippen LogP contribution >= 0.6 is 15.9 Å². The Morgan fingerprint density at radius 2 is 1.38 bits per heavy atom. The van der Waals surface area contributed by atoms with E-state index >= 15 is 0 Å². The van der Waals surface area contributed by atoms with Crippen molar-refractivity contribution in [1.29, 1.82) is 0 Å². The maximum Gasteiger partial charge on any atom is 0.189 e. The van der Waals surface area contributed by atoms with Gasteiger partial charge in [-0.05, 0) is 73.9 Å². The topological polar surface area (TPSA) is 63.2 Å². The number of ketones is 1. The minimum Gasteiger partial charge on any atom is -0.497 e. The van der Waals surface area contributed by atoms with Gasteiger partial charge < -0.3 is 23.7 Å². The van der Waals surface area contributed by atoms with Crippen LogP contribution in [-0.4, -0.2) is 41.3 Å². The smallest absolute Gasteiger partial charge is 0.189 e. The Balaban J connectivity index is 1.82. The van der Waals surface area contributed by atoms with Gasteiger partial charge in [0.05, 0.1) is 56.4 Å². The van der Waals surface area contributed by atoms with Gasteiger partial charge in [0.1, 0.15) is 28.7 Å². The van der Waals surface area contributed by atoms with Gasteiger partial charge in [-0.25, -0.2) is 0 Å². The molecule has 0 fully saturated rings. The summed E-state index contributed by atoms with van der Waals surface area (Å²) in [4.78, 5) is 13.4. The second-order valence-corrected chi connectivity index (χ2v) is 10.3. The van der Waals surface area contributed by atoms with Crippen LogP contribution in [0.3, 0.4) is 0 Å². The van der Waals surface area contributed by atoms with E-state index in [2.05, 4.69) is 28.1 Å². The van der Waals surface area contributed by atoms with Crippen LogP contribution in [0.5, 0.6) is 28.7 Å². The molecule has 7 heteroatoms. The van der Waals surface area contributed by atoms with Crippen molar-refractivity contribution in [2.75, 3.05) is 35.5 Å². The Bertz CT molecular complexity index is 1680. The van der Waals surface area contributed by atoms with Crippen molar-refractivity contribution in [2.24, 2.45) is 0 Å². The van der Waals surface area contributed by atoms with E-state index in [1.807, 2.05) is 48.5 Å². The summed E-state index contributed by atoms with van der Waals surface area (Å²) in [5.74, 6) is 2.94. The maximum atomic E-state index is 13.4. The molecule has 0 saturated carbocycles. The Hall–Kier alpha value is -3.97. The summed E-state index contributed by atoms with van der Waals surface area (Å²) in [6, 6.07) is 17.8. The molecule has 198 valence electrons. The molecule has 0 amide bonds. The number of hydrogen-bond donors (Lipinski definition) is 0. The normalized spacial score (nSPS) is 18.8. The molecule has 2 aliphatic carbocycles. The molecule has 0 saturated heterocycles. The maximum absolute atomic E-state index is 13.4. The molecule has 6 rings (SSSR count). The molecule has 4 aromatic rings. The van der Waals surface area contributed by atoms with E-state index < -0.39 is 5.41 Å². The predicted octanol–water partition coefficient (Wildman–Crippen LogP) is 6.83. The minimum atomic E-state index is -0.753. The minimum absolute atomic E-state index is 0.0904. The third-order valence-corrected chi connectivity index (χ3v) is 8.86. The number of fused-ring (bicyclic) bond motifs is 3. The lowest BCUT2D eigenvalue weighted by Gasteiger charge is -2.39. The van der Waals surface area contributed by atoms with E-state index in [1.54, 1.807) is 41.6 Å². The van der Waals surface area contributed by atoms with E-state index in [4.69, 9.17) is 23.7 Å². The zero-order valence-corrected chi connectivity index (χ0v) is 23.8. The molecular weight excluding hydrogens is 560 g/mol. The molecule has 4 aromatic carbocycles. The van der Waals surface area contributed by atoms with Crippen LogP contribution in [-0.2, 0) is 5.41 Å². The number of hydrogen-bond acceptors (Lipinski definition) is 6. The first-order valence-electron chi connectivity index (χ1n) is 12.5. The fourth-order valence-corrected chi connectivity index (χ4v) is 7.06. The van der Waals surface area contributed by atoms with E-state index in [1.165, 1.54) is 0 Å². The molecule has 6 nitrogen and oxygen atoms in total. The van der Waals surface area contributed by atoms with Gasteiger partial charge in [-0.2, -0.15) is 0 Å². The summed E-state index contributed by atoms with van der Waals surface area (Å²) in [5, 5.41) is 1.91. The molecule has 2 aliphatic rings. The van der Waals surface area contributed by atoms with Crippen molar-refractivity contribution < 1.29 is 28.5 Å². The van der Waals surface area contributed by atoms with Crippen LogP contribution in [0.25, 0.3) is 10.8 Å². The lowest BCUT2D eigenvalue weighted by Crippen LogP contribution is -2.35. The lowest BCUT2D eigenvalue weighted by molar-refractivity contribution is 0.103. The summed E-state index contributed by atoms with van der Waals surface area (Å²) in [6.07, 6.45) is 3.70. The van der Waals surface area contributed by atoms with E-state index in [0.717, 1.165) is 37.5 Å². The third-order valence-electron chi connectivity index (χ3n) is 8.01. The van der Waals surface area contributed by atoms with Gasteiger partial charge in [-0.3, -0.25) is 4.79 Å². The molecular formula is C32H27BrO6. The molecule has 0 bridgehead atoms. The first-order chi connectivity index (χ1) is 18.9. The van der Waals surface area contributed by atoms with Gasteiger partial charge in [-0.15, -0.1) is 0 Å². The summed E-state index contributed by atoms with van der Waals surface area (Å²) >= 11 is 3.85. The van der Waals surface area contributed by atoms with Crippen LogP contribution in [0.2, 0.25) is 0 Å². The lowest BCUT2D eigenvalue weighted by atomic mass is 9.62. The number of halogens is 1. The molecule has 1 spiro atoms. The summed E-state index contributed by atoms with van der Waals surface area (Å²) in [7, 11) is 8.19. The molecule has 0 radical (unpaired) electrons. The molecule has 0 aliphatic heterocycles. The van der Waals surface area contributed by atoms with Crippen LogP contribution in [0.15, 0.2) is 71.2 Å². The van der Waals surface area contributed by atoms with E-state index in [-0.39, 0.29) is 11.7 Å². The van der Waals surface area contributed by atoms with Gasteiger partial charge in [0, 0.05) is 12.0 Å². The van der Waals surface area contributed by atoms with Crippen molar-refractivity contribution in [3.63, 3.8) is 0 Å². The van der Waals surface area contributed by atoms with E-state index in [9.17, 15) is 4.79 Å². The molecule has 0 N–H and O–H groups in total. The Kier molecular flexibility index (Phi) is 6.07. The largest absolute Gasteiger partial charge is 0.497 e. The average Bonchev–Trinajstić information content (AvgIpc) is 3.25. The highest BCUT2D eigenvalue weighted by Crippen LogP contribution is 2.63. The second kappa shape index (κ2) is 9.35. The average molecular weight is 587 g/mol. The number of methoxy groups -OCH3 is 5. The number of carbonyl (C=O) groups excluding carboxylic acids is 1. The Morgan fingerprint density at radius 1 is 0.692 bits per heavy atom. The third kappa shape index (κ3) is 3.35. The van der Waals surface area contributed by atoms with Crippen molar-refractivity contribution in [3.8, 4) is 28.7 Å². The highest BCUT2D eigenvalue weighted by Gasteiger charge is 2.53. The highest BCUT2D eigenvalue weighted by atomic mass is 79.9. The monoisotopic (exact) mass is 586 g/mol. The molecule has 0 heterocycles. The number of benzene rings is 4. The van der Waals surface area contributed by atoms with Crippen molar-refractivity contribution in [3.05, 3.63) is 99.0 Å². The fourth-order valence-electron chi connectivity index (χ4n) is 6.44. The molecule has 2 atom stereocenters. The molecule has 39 heavy (non-hydrogen) atoms. The van der Waals surface area contributed by atoms with Crippen molar-refractivity contribution >= 4 is 32.5 Å².